The maximum atomic E-state index is 12.8. The molecule has 3 N–H and O–H groups in total. The molecule has 6 nitrogen and oxygen atoms in total. The van der Waals surface area contributed by atoms with Gasteiger partial charge in [-0.25, -0.2) is 4.98 Å². The van der Waals surface area contributed by atoms with E-state index >= 15 is 0 Å². The number of pyridine rings is 1. The summed E-state index contributed by atoms with van der Waals surface area (Å²) in [4.78, 5) is 16.4. The Kier molecular flexibility index (Phi) is 5.03. The monoisotopic (exact) mass is 409 g/mol. The number of rotatable bonds is 3. The summed E-state index contributed by atoms with van der Waals surface area (Å²) in [6.45, 7) is 1.80. The van der Waals surface area contributed by atoms with Crippen molar-refractivity contribution < 1.29 is 18.0 Å². The lowest BCUT2D eigenvalue weighted by Gasteiger charge is -2.09. The molecule has 0 saturated carbocycles. The van der Waals surface area contributed by atoms with Crippen LogP contribution in [-0.2, 0) is 13.2 Å². The largest absolute Gasteiger partial charge is 0.435 e. The zero-order chi connectivity index (χ0) is 20.6. The van der Waals surface area contributed by atoms with Crippen molar-refractivity contribution in [2.45, 2.75) is 13.1 Å². The third-order valence-electron chi connectivity index (χ3n) is 3.92. The first kappa shape index (κ1) is 19.7. The summed E-state index contributed by atoms with van der Waals surface area (Å²) in [5, 5.41) is 6.46. The summed E-state index contributed by atoms with van der Waals surface area (Å²) in [6, 6.07) is 8.69. The van der Waals surface area contributed by atoms with E-state index in [2.05, 4.69) is 15.4 Å². The molecule has 0 bridgehead atoms. The Labute approximate surface area is 163 Å². The molecule has 10 heteroatoms. The fraction of sp³-hybridized carbons (Fsp3) is 0.167. The Hall–Kier alpha value is -3.07. The molecular weight excluding hydrogens is 395 g/mol. The second kappa shape index (κ2) is 7.16. The van der Waals surface area contributed by atoms with Gasteiger partial charge in [0.05, 0.1) is 5.69 Å². The Morgan fingerprint density at radius 1 is 1.21 bits per heavy atom. The highest BCUT2D eigenvalue weighted by Gasteiger charge is 2.35. The molecule has 2 aromatic heterocycles. The van der Waals surface area contributed by atoms with Gasteiger partial charge >= 0.3 is 6.18 Å². The fourth-order valence-electron chi connectivity index (χ4n) is 2.67. The van der Waals surface area contributed by atoms with Gasteiger partial charge in [-0.3, -0.25) is 9.48 Å². The highest BCUT2D eigenvalue weighted by molar-refractivity contribution is 6.31. The molecule has 0 aliphatic carbocycles. The molecule has 0 unspecified atom stereocenters. The first-order valence-corrected chi connectivity index (χ1v) is 8.39. The summed E-state index contributed by atoms with van der Waals surface area (Å²) in [5.74, 6) is -0.330. The van der Waals surface area contributed by atoms with Crippen LogP contribution in [-0.4, -0.2) is 20.7 Å². The number of nitrogen functional groups attached to an aromatic ring is 1. The first-order chi connectivity index (χ1) is 13.0. The molecule has 0 saturated heterocycles. The second-order valence-electron chi connectivity index (χ2n) is 6.14. The Balaban J connectivity index is 1.87. The molecule has 146 valence electrons. The number of hydrogen-bond acceptors (Lipinski definition) is 4. The van der Waals surface area contributed by atoms with E-state index in [1.54, 1.807) is 19.1 Å². The Morgan fingerprint density at radius 2 is 1.93 bits per heavy atom. The van der Waals surface area contributed by atoms with E-state index in [1.165, 1.54) is 25.2 Å². The highest BCUT2D eigenvalue weighted by Crippen LogP contribution is 2.33. The molecule has 0 atom stereocenters. The lowest BCUT2D eigenvalue weighted by atomic mass is 10.1. The standard InChI is InChI=1S/C18H15ClF3N5O/c1-9-5-10(7-11(19)6-9)17(28)25-15-4-3-12(16(23)24-15)13-8-14(18(20,21)22)26-27(13)2/h3-8H,1-2H3,(H3,23,24,25,28). The van der Waals surface area contributed by atoms with Gasteiger partial charge < -0.3 is 11.1 Å². The van der Waals surface area contributed by atoms with Crippen LogP contribution in [0.5, 0.6) is 0 Å². The van der Waals surface area contributed by atoms with Crippen LogP contribution in [0.1, 0.15) is 21.6 Å². The van der Waals surface area contributed by atoms with Crippen LogP contribution in [0.25, 0.3) is 11.3 Å². The molecule has 0 aliphatic rings. The third kappa shape index (κ3) is 4.09. The summed E-state index contributed by atoms with van der Waals surface area (Å²) >= 11 is 5.96. The number of anilines is 2. The number of aryl methyl sites for hydroxylation is 2. The minimum absolute atomic E-state index is 0.0446. The maximum absolute atomic E-state index is 12.8. The van der Waals surface area contributed by atoms with Crippen molar-refractivity contribution in [1.29, 1.82) is 0 Å². The number of hydrogen-bond donors (Lipinski definition) is 2. The van der Waals surface area contributed by atoms with Gasteiger partial charge in [0.15, 0.2) is 5.69 Å². The van der Waals surface area contributed by atoms with Crippen LogP contribution in [0, 0.1) is 6.92 Å². The van der Waals surface area contributed by atoms with Crippen LogP contribution in [0.4, 0.5) is 24.8 Å². The SMILES string of the molecule is Cc1cc(Cl)cc(C(=O)Nc2ccc(-c3cc(C(F)(F)F)nn3C)c(N)n2)c1. The smallest absolute Gasteiger partial charge is 0.383 e. The molecular formula is C18H15ClF3N5O. The number of carbonyl (C=O) groups excluding carboxylic acids is 1. The van der Waals surface area contributed by atoms with E-state index in [0.29, 0.717) is 10.6 Å². The molecule has 0 radical (unpaired) electrons. The van der Waals surface area contributed by atoms with Crippen LogP contribution >= 0.6 is 11.6 Å². The van der Waals surface area contributed by atoms with Gasteiger partial charge in [0.25, 0.3) is 5.91 Å². The minimum atomic E-state index is -4.57. The zero-order valence-electron chi connectivity index (χ0n) is 14.8. The van der Waals surface area contributed by atoms with Gasteiger partial charge in [-0.05, 0) is 48.9 Å². The van der Waals surface area contributed by atoms with Gasteiger partial charge in [0, 0.05) is 23.2 Å². The number of nitrogens with one attached hydrogen (secondary N) is 1. The van der Waals surface area contributed by atoms with Gasteiger partial charge in [0.2, 0.25) is 0 Å². The zero-order valence-corrected chi connectivity index (χ0v) is 15.6. The quantitative estimate of drug-likeness (QED) is 0.675. The molecule has 1 aromatic carbocycles. The molecule has 3 rings (SSSR count). The van der Waals surface area contributed by atoms with Crippen LogP contribution in [0.2, 0.25) is 5.02 Å². The van der Waals surface area contributed by atoms with Crippen LogP contribution < -0.4 is 11.1 Å². The number of amides is 1. The molecule has 0 spiro atoms. The molecule has 0 aliphatic heterocycles. The second-order valence-corrected chi connectivity index (χ2v) is 6.57. The van der Waals surface area contributed by atoms with Crippen molar-refractivity contribution in [2.24, 2.45) is 7.05 Å². The number of benzene rings is 1. The van der Waals surface area contributed by atoms with E-state index in [-0.39, 0.29) is 22.9 Å². The third-order valence-corrected chi connectivity index (χ3v) is 4.14. The van der Waals surface area contributed by atoms with E-state index in [9.17, 15) is 18.0 Å². The van der Waals surface area contributed by atoms with Crippen molar-refractivity contribution in [1.82, 2.24) is 14.8 Å². The first-order valence-electron chi connectivity index (χ1n) is 8.01. The molecule has 1 amide bonds. The van der Waals surface area contributed by atoms with E-state index < -0.39 is 17.8 Å². The maximum Gasteiger partial charge on any atom is 0.435 e. The number of nitrogens with two attached hydrogens (primary N) is 1. The highest BCUT2D eigenvalue weighted by atomic mass is 35.5. The number of nitrogens with zero attached hydrogens (tertiary/aromatic N) is 3. The van der Waals surface area contributed by atoms with Crippen molar-refractivity contribution in [3.63, 3.8) is 0 Å². The number of aromatic nitrogens is 3. The molecule has 0 fully saturated rings. The van der Waals surface area contributed by atoms with E-state index in [0.717, 1.165) is 16.3 Å². The predicted octanol–water partition coefficient (Wildman–Crippen LogP) is 4.30. The van der Waals surface area contributed by atoms with E-state index in [4.69, 9.17) is 17.3 Å². The van der Waals surface area contributed by atoms with Crippen molar-refractivity contribution in [3.8, 4) is 11.3 Å². The Bertz CT molecular complexity index is 1040. The minimum Gasteiger partial charge on any atom is -0.383 e. The van der Waals surface area contributed by atoms with Gasteiger partial charge in [0.1, 0.15) is 11.6 Å². The molecule has 3 aromatic rings. The molecule has 28 heavy (non-hydrogen) atoms. The number of halogens is 4. The van der Waals surface area contributed by atoms with Gasteiger partial charge in [-0.15, -0.1) is 0 Å². The topological polar surface area (TPSA) is 85.8 Å². The Morgan fingerprint density at radius 3 is 2.50 bits per heavy atom. The lowest BCUT2D eigenvalue weighted by molar-refractivity contribution is -0.141. The van der Waals surface area contributed by atoms with Crippen molar-refractivity contribution in [3.05, 3.63) is 58.2 Å². The van der Waals surface area contributed by atoms with E-state index in [1.807, 2.05) is 0 Å². The summed E-state index contributed by atoms with van der Waals surface area (Å²) in [7, 11) is 1.38. The summed E-state index contributed by atoms with van der Waals surface area (Å²) in [5.41, 5.74) is 6.45. The van der Waals surface area contributed by atoms with Crippen molar-refractivity contribution in [2.75, 3.05) is 11.1 Å². The summed E-state index contributed by atoms with van der Waals surface area (Å²) < 4.78 is 39.6. The average Bonchev–Trinajstić information content (AvgIpc) is 2.96. The predicted molar refractivity (Wildman–Crippen MR) is 100.0 cm³/mol. The van der Waals surface area contributed by atoms with Gasteiger partial charge in [-0.1, -0.05) is 11.6 Å². The molecule has 2 heterocycles. The number of carbonyl (C=O) groups is 1. The lowest BCUT2D eigenvalue weighted by Crippen LogP contribution is -2.14. The van der Waals surface area contributed by atoms with Crippen molar-refractivity contribution >= 4 is 29.1 Å². The van der Waals surface area contributed by atoms with Gasteiger partial charge in [-0.2, -0.15) is 18.3 Å². The summed E-state index contributed by atoms with van der Waals surface area (Å²) in [6.07, 6.45) is -4.57. The average molecular weight is 410 g/mol. The normalized spacial score (nSPS) is 11.5. The number of alkyl halides is 3. The fourth-order valence-corrected chi connectivity index (χ4v) is 2.96. The van der Waals surface area contributed by atoms with Crippen LogP contribution in [0.3, 0.4) is 0 Å². The van der Waals surface area contributed by atoms with Crippen LogP contribution in [0.15, 0.2) is 36.4 Å².